The third kappa shape index (κ3) is 5.86. The summed E-state index contributed by atoms with van der Waals surface area (Å²) in [6.07, 6.45) is 6.25. The van der Waals surface area contributed by atoms with E-state index in [1.54, 1.807) is 36.4 Å². The number of esters is 1. The first-order chi connectivity index (χ1) is 19.3. The SMILES string of the molecule is COC(=O)c1ccc(Cn2cc(-c3ccc(Cl)cc3Cl)nc2/C=C/c2ccc(-c3cccn3C(=O)O)cc2)cc1. The van der Waals surface area contributed by atoms with Gasteiger partial charge < -0.3 is 14.4 Å². The first-order valence-corrected chi connectivity index (χ1v) is 13.0. The van der Waals surface area contributed by atoms with E-state index in [1.807, 2.05) is 65.4 Å². The fourth-order valence-electron chi connectivity index (χ4n) is 4.30. The van der Waals surface area contributed by atoms with E-state index in [-0.39, 0.29) is 5.97 Å². The largest absolute Gasteiger partial charge is 0.465 e. The molecule has 5 aromatic rings. The van der Waals surface area contributed by atoms with Gasteiger partial charge in [-0.25, -0.2) is 14.6 Å². The molecule has 2 aromatic heterocycles. The molecule has 200 valence electrons. The predicted octanol–water partition coefficient (Wildman–Crippen LogP) is 7.86. The lowest BCUT2D eigenvalue weighted by molar-refractivity contribution is 0.0600. The van der Waals surface area contributed by atoms with E-state index in [9.17, 15) is 14.7 Å². The van der Waals surface area contributed by atoms with Crippen LogP contribution in [0.4, 0.5) is 4.79 Å². The second-order valence-corrected chi connectivity index (χ2v) is 9.77. The van der Waals surface area contributed by atoms with E-state index in [2.05, 4.69) is 0 Å². The van der Waals surface area contributed by atoms with Crippen LogP contribution in [0.5, 0.6) is 0 Å². The molecule has 0 bridgehead atoms. The Labute approximate surface area is 240 Å². The van der Waals surface area contributed by atoms with Crippen LogP contribution in [-0.4, -0.2) is 38.4 Å². The van der Waals surface area contributed by atoms with Gasteiger partial charge in [-0.15, -0.1) is 0 Å². The van der Waals surface area contributed by atoms with Crippen molar-refractivity contribution in [1.82, 2.24) is 14.1 Å². The first kappa shape index (κ1) is 27.0. The third-order valence-corrected chi connectivity index (χ3v) is 6.88. The zero-order valence-electron chi connectivity index (χ0n) is 21.3. The summed E-state index contributed by atoms with van der Waals surface area (Å²) in [6.45, 7) is 0.504. The lowest BCUT2D eigenvalue weighted by atomic mass is 10.1. The molecule has 0 aliphatic heterocycles. The van der Waals surface area contributed by atoms with Crippen molar-refractivity contribution in [3.8, 4) is 22.5 Å². The first-order valence-electron chi connectivity index (χ1n) is 12.2. The maximum Gasteiger partial charge on any atom is 0.415 e. The number of hydrogen-bond donors (Lipinski definition) is 1. The van der Waals surface area contributed by atoms with Gasteiger partial charge in [0.1, 0.15) is 5.82 Å². The Morgan fingerprint density at radius 2 is 1.73 bits per heavy atom. The van der Waals surface area contributed by atoms with Crippen LogP contribution in [0, 0.1) is 0 Å². The van der Waals surface area contributed by atoms with Crippen molar-refractivity contribution >= 4 is 47.4 Å². The number of aromatic nitrogens is 3. The molecule has 0 amide bonds. The molecule has 0 saturated carbocycles. The number of methoxy groups -OCH3 is 1. The number of halogens is 2. The standard InChI is InChI=1S/C31H23Cl2N3O4/c1-40-30(37)23-11-6-21(7-12-23)18-35-19-27(25-14-13-24(32)17-26(25)33)34-29(35)15-8-20-4-9-22(10-5-20)28-3-2-16-36(28)31(38)39/h2-17,19H,18H2,1H3,(H,38,39)/b15-8+. The zero-order chi connectivity index (χ0) is 28.2. The van der Waals surface area contributed by atoms with Crippen molar-refractivity contribution < 1.29 is 19.4 Å². The lowest BCUT2D eigenvalue weighted by Crippen LogP contribution is -2.07. The zero-order valence-corrected chi connectivity index (χ0v) is 22.8. The van der Waals surface area contributed by atoms with Crippen molar-refractivity contribution in [2.75, 3.05) is 7.11 Å². The van der Waals surface area contributed by atoms with Gasteiger partial charge in [0, 0.05) is 29.5 Å². The third-order valence-electron chi connectivity index (χ3n) is 6.33. The monoisotopic (exact) mass is 571 g/mol. The number of imidazole rings is 1. The average molecular weight is 572 g/mol. The van der Waals surface area contributed by atoms with E-state index in [0.29, 0.717) is 39.4 Å². The van der Waals surface area contributed by atoms with Crippen LogP contribution in [0.25, 0.3) is 34.7 Å². The van der Waals surface area contributed by atoms with E-state index >= 15 is 0 Å². The minimum atomic E-state index is -1.03. The highest BCUT2D eigenvalue weighted by Gasteiger charge is 2.13. The maximum atomic E-state index is 11.8. The van der Waals surface area contributed by atoms with Crippen molar-refractivity contribution in [2.24, 2.45) is 0 Å². The summed E-state index contributed by atoms with van der Waals surface area (Å²) in [6, 6.07) is 23.5. The van der Waals surface area contributed by atoms with Crippen molar-refractivity contribution in [1.29, 1.82) is 0 Å². The summed E-state index contributed by atoms with van der Waals surface area (Å²) in [5, 5.41) is 10.4. The summed E-state index contributed by atoms with van der Waals surface area (Å²) in [7, 11) is 1.35. The highest BCUT2D eigenvalue weighted by molar-refractivity contribution is 6.36. The number of ether oxygens (including phenoxy) is 1. The molecule has 0 fully saturated rings. The summed E-state index contributed by atoms with van der Waals surface area (Å²) < 4.78 is 7.97. The Bertz CT molecular complexity index is 1720. The summed E-state index contributed by atoms with van der Waals surface area (Å²) >= 11 is 12.6. The molecule has 40 heavy (non-hydrogen) atoms. The normalized spacial score (nSPS) is 11.2. The molecule has 2 heterocycles. The minimum absolute atomic E-state index is 0.389. The van der Waals surface area contributed by atoms with Gasteiger partial charge in [0.15, 0.2) is 0 Å². The van der Waals surface area contributed by atoms with Crippen LogP contribution in [0.15, 0.2) is 91.3 Å². The molecule has 7 nitrogen and oxygen atoms in total. The molecule has 0 saturated heterocycles. The summed E-state index contributed by atoms with van der Waals surface area (Å²) in [4.78, 5) is 28.1. The van der Waals surface area contributed by atoms with Gasteiger partial charge in [-0.3, -0.25) is 4.57 Å². The molecule has 0 aliphatic rings. The number of hydrogen-bond acceptors (Lipinski definition) is 4. The van der Waals surface area contributed by atoms with Crippen molar-refractivity contribution in [3.05, 3.63) is 124 Å². The van der Waals surface area contributed by atoms with E-state index in [0.717, 1.165) is 22.3 Å². The van der Waals surface area contributed by atoms with E-state index in [1.165, 1.54) is 17.9 Å². The Hall–Kier alpha value is -4.59. The van der Waals surface area contributed by atoms with Crippen LogP contribution < -0.4 is 0 Å². The molecular weight excluding hydrogens is 549 g/mol. The van der Waals surface area contributed by atoms with Crippen LogP contribution in [0.1, 0.15) is 27.3 Å². The van der Waals surface area contributed by atoms with Gasteiger partial charge in [0.05, 0.1) is 29.1 Å². The number of nitrogens with zero attached hydrogens (tertiary/aromatic N) is 3. The number of carbonyl (C=O) groups excluding carboxylic acids is 1. The maximum absolute atomic E-state index is 11.8. The summed E-state index contributed by atoms with van der Waals surface area (Å²) in [5.41, 5.74) is 5.20. The molecule has 9 heteroatoms. The molecule has 0 radical (unpaired) electrons. The molecule has 0 atom stereocenters. The number of rotatable bonds is 7. The molecule has 0 aliphatic carbocycles. The fourth-order valence-corrected chi connectivity index (χ4v) is 4.80. The molecule has 0 spiro atoms. The Morgan fingerprint density at radius 1 is 0.975 bits per heavy atom. The quantitative estimate of drug-likeness (QED) is 0.201. The Kier molecular flexibility index (Phi) is 7.86. The molecule has 3 aromatic carbocycles. The topological polar surface area (TPSA) is 86.4 Å². The highest BCUT2D eigenvalue weighted by Crippen LogP contribution is 2.30. The Balaban J connectivity index is 1.45. The van der Waals surface area contributed by atoms with Crippen LogP contribution in [-0.2, 0) is 11.3 Å². The number of carbonyl (C=O) groups is 2. The van der Waals surface area contributed by atoms with Crippen molar-refractivity contribution in [2.45, 2.75) is 6.54 Å². The second kappa shape index (κ2) is 11.7. The van der Waals surface area contributed by atoms with Gasteiger partial charge in [0.25, 0.3) is 0 Å². The van der Waals surface area contributed by atoms with Gasteiger partial charge >= 0.3 is 12.1 Å². The van der Waals surface area contributed by atoms with Crippen molar-refractivity contribution in [3.63, 3.8) is 0 Å². The lowest BCUT2D eigenvalue weighted by Gasteiger charge is -2.07. The number of benzene rings is 3. The molecule has 1 N–H and O–H groups in total. The van der Waals surface area contributed by atoms with Gasteiger partial charge in [-0.05, 0) is 65.2 Å². The van der Waals surface area contributed by atoms with Gasteiger partial charge in [-0.1, -0.05) is 65.7 Å². The van der Waals surface area contributed by atoms with Gasteiger partial charge in [-0.2, -0.15) is 0 Å². The fraction of sp³-hybridized carbons (Fsp3) is 0.0645. The van der Waals surface area contributed by atoms with E-state index in [4.69, 9.17) is 32.9 Å². The highest BCUT2D eigenvalue weighted by atomic mass is 35.5. The molecule has 5 rings (SSSR count). The van der Waals surface area contributed by atoms with E-state index < -0.39 is 6.09 Å². The average Bonchev–Trinajstić information content (AvgIpc) is 3.60. The smallest absolute Gasteiger partial charge is 0.415 e. The van der Waals surface area contributed by atoms with Gasteiger partial charge in [0.2, 0.25) is 0 Å². The second-order valence-electron chi connectivity index (χ2n) is 8.93. The summed E-state index contributed by atoms with van der Waals surface area (Å²) in [5.74, 6) is 0.307. The van der Waals surface area contributed by atoms with Crippen LogP contribution >= 0.6 is 23.2 Å². The van der Waals surface area contributed by atoms with Crippen LogP contribution in [0.2, 0.25) is 10.0 Å². The molecule has 0 unspecified atom stereocenters. The molecular formula is C31H23Cl2N3O4. The van der Waals surface area contributed by atoms with Crippen LogP contribution in [0.3, 0.4) is 0 Å². The predicted molar refractivity (Wildman–Crippen MR) is 157 cm³/mol. The Morgan fingerprint density at radius 3 is 2.40 bits per heavy atom. The minimum Gasteiger partial charge on any atom is -0.465 e. The number of carboxylic acid groups (broad SMARTS) is 1.